The van der Waals surface area contributed by atoms with E-state index in [1.54, 1.807) is 0 Å². The standard InChI is InChI=1S/C10H12/c1-2-8-5-6-9-4-3-7(1)10(8)9/h1-4,7-10H,5-6H2/t7?,8-,9-,10?/m0/s1. The van der Waals surface area contributed by atoms with E-state index >= 15 is 0 Å². The van der Waals surface area contributed by atoms with Crippen LogP contribution in [-0.4, -0.2) is 0 Å². The van der Waals surface area contributed by atoms with Crippen molar-refractivity contribution in [3.8, 4) is 0 Å². The maximum atomic E-state index is 2.44. The first-order valence-electron chi connectivity index (χ1n) is 4.32. The summed E-state index contributed by atoms with van der Waals surface area (Å²) in [5.41, 5.74) is 0. The highest BCUT2D eigenvalue weighted by Crippen LogP contribution is 2.51. The van der Waals surface area contributed by atoms with E-state index in [1.807, 2.05) is 0 Å². The normalized spacial score (nSPS) is 54.4. The Labute approximate surface area is 61.6 Å². The molecule has 1 saturated carbocycles. The highest BCUT2D eigenvalue weighted by atomic mass is 14.5. The molecule has 0 heterocycles. The summed E-state index contributed by atoms with van der Waals surface area (Å²) >= 11 is 0. The summed E-state index contributed by atoms with van der Waals surface area (Å²) in [7, 11) is 0. The minimum absolute atomic E-state index is 0.831. The van der Waals surface area contributed by atoms with Gasteiger partial charge in [0.25, 0.3) is 0 Å². The summed E-state index contributed by atoms with van der Waals surface area (Å²) < 4.78 is 0. The molecule has 0 saturated heterocycles. The number of rotatable bonds is 0. The lowest BCUT2D eigenvalue weighted by Crippen LogP contribution is -2.09. The van der Waals surface area contributed by atoms with Crippen LogP contribution >= 0.6 is 0 Å². The second-order valence-electron chi connectivity index (χ2n) is 3.83. The summed E-state index contributed by atoms with van der Waals surface area (Å²) in [6.07, 6.45) is 12.6. The molecule has 3 rings (SSSR count). The summed E-state index contributed by atoms with van der Waals surface area (Å²) in [6, 6.07) is 0. The molecule has 52 valence electrons. The van der Waals surface area contributed by atoms with E-state index in [0.29, 0.717) is 0 Å². The van der Waals surface area contributed by atoms with Crippen LogP contribution in [0.2, 0.25) is 0 Å². The van der Waals surface area contributed by atoms with E-state index in [9.17, 15) is 0 Å². The van der Waals surface area contributed by atoms with Crippen molar-refractivity contribution in [2.24, 2.45) is 23.7 Å². The fourth-order valence-electron chi connectivity index (χ4n) is 2.97. The number of allylic oxidation sites excluding steroid dienone is 4. The third-order valence-corrected chi connectivity index (χ3v) is 3.43. The summed E-state index contributed by atoms with van der Waals surface area (Å²) in [5, 5.41) is 0. The third-order valence-electron chi connectivity index (χ3n) is 3.43. The fourth-order valence-corrected chi connectivity index (χ4v) is 2.97. The van der Waals surface area contributed by atoms with E-state index in [0.717, 1.165) is 23.7 Å². The largest absolute Gasteiger partial charge is 0.0845 e. The Morgan fingerprint density at radius 2 is 1.40 bits per heavy atom. The number of hydrogen-bond donors (Lipinski definition) is 0. The summed E-state index contributed by atoms with van der Waals surface area (Å²) in [4.78, 5) is 0. The molecule has 0 aromatic heterocycles. The second kappa shape index (κ2) is 1.55. The van der Waals surface area contributed by atoms with Gasteiger partial charge in [0.15, 0.2) is 0 Å². The molecule has 0 N–H and O–H groups in total. The molecule has 1 fully saturated rings. The van der Waals surface area contributed by atoms with Crippen molar-refractivity contribution in [2.75, 3.05) is 0 Å². The second-order valence-corrected chi connectivity index (χ2v) is 3.83. The van der Waals surface area contributed by atoms with Crippen molar-refractivity contribution in [1.82, 2.24) is 0 Å². The molecule has 0 heteroatoms. The maximum Gasteiger partial charge on any atom is -0.00137 e. The van der Waals surface area contributed by atoms with Crippen LogP contribution in [0.5, 0.6) is 0 Å². The molecule has 2 atom stereocenters. The lowest BCUT2D eigenvalue weighted by atomic mass is 9.90. The molecule has 0 radical (unpaired) electrons. The first-order chi connectivity index (χ1) is 4.95. The Hall–Kier alpha value is -0.520. The van der Waals surface area contributed by atoms with Crippen molar-refractivity contribution in [3.05, 3.63) is 24.3 Å². The molecule has 0 bridgehead atoms. The Morgan fingerprint density at radius 3 is 2.00 bits per heavy atom. The molecule has 3 aliphatic rings. The van der Waals surface area contributed by atoms with Crippen LogP contribution in [0.15, 0.2) is 24.3 Å². The summed E-state index contributed by atoms with van der Waals surface area (Å²) in [6.45, 7) is 0. The minimum Gasteiger partial charge on any atom is -0.0845 e. The van der Waals surface area contributed by atoms with E-state index in [1.165, 1.54) is 12.8 Å². The molecule has 0 unspecified atom stereocenters. The van der Waals surface area contributed by atoms with Crippen LogP contribution in [-0.2, 0) is 0 Å². The van der Waals surface area contributed by atoms with Crippen molar-refractivity contribution < 1.29 is 0 Å². The monoisotopic (exact) mass is 132 g/mol. The van der Waals surface area contributed by atoms with E-state index < -0.39 is 0 Å². The smallest absolute Gasteiger partial charge is 0.00137 e. The number of hydrogen-bond acceptors (Lipinski definition) is 0. The zero-order chi connectivity index (χ0) is 6.55. The zero-order valence-electron chi connectivity index (χ0n) is 6.03. The van der Waals surface area contributed by atoms with Crippen LogP contribution in [0.25, 0.3) is 0 Å². The van der Waals surface area contributed by atoms with E-state index in [2.05, 4.69) is 24.3 Å². The molecule has 0 spiro atoms. The molecule has 0 amide bonds. The highest BCUT2D eigenvalue weighted by molar-refractivity contribution is 5.24. The molecule has 3 aliphatic carbocycles. The van der Waals surface area contributed by atoms with Gasteiger partial charge in [-0.2, -0.15) is 0 Å². The predicted molar refractivity (Wildman–Crippen MR) is 41.5 cm³/mol. The van der Waals surface area contributed by atoms with Gasteiger partial charge in [0.05, 0.1) is 0 Å². The van der Waals surface area contributed by atoms with Crippen molar-refractivity contribution in [2.45, 2.75) is 12.8 Å². The molecule has 10 heavy (non-hydrogen) atoms. The van der Waals surface area contributed by atoms with Crippen LogP contribution in [0, 0.1) is 23.7 Å². The first-order valence-corrected chi connectivity index (χ1v) is 4.32. The molecule has 0 aromatic carbocycles. The van der Waals surface area contributed by atoms with Gasteiger partial charge in [-0.25, -0.2) is 0 Å². The fraction of sp³-hybridized carbons (Fsp3) is 0.600. The molecular weight excluding hydrogens is 120 g/mol. The van der Waals surface area contributed by atoms with Crippen molar-refractivity contribution >= 4 is 0 Å². The van der Waals surface area contributed by atoms with Gasteiger partial charge in [-0.3, -0.25) is 0 Å². The quantitative estimate of drug-likeness (QED) is 0.444. The van der Waals surface area contributed by atoms with Gasteiger partial charge < -0.3 is 0 Å². The Morgan fingerprint density at radius 1 is 0.800 bits per heavy atom. The Bertz CT molecular complexity index is 190. The van der Waals surface area contributed by atoms with Crippen molar-refractivity contribution in [3.63, 3.8) is 0 Å². The van der Waals surface area contributed by atoms with Crippen LogP contribution in [0.3, 0.4) is 0 Å². The maximum absolute atomic E-state index is 2.44. The molecule has 0 aromatic rings. The van der Waals surface area contributed by atoms with Crippen LogP contribution < -0.4 is 0 Å². The molecule has 0 nitrogen and oxygen atoms in total. The molecular formula is C10H12. The Balaban J connectivity index is 2.07. The average molecular weight is 132 g/mol. The first kappa shape index (κ1) is 5.17. The van der Waals surface area contributed by atoms with Gasteiger partial charge >= 0.3 is 0 Å². The predicted octanol–water partition coefficient (Wildman–Crippen LogP) is 2.38. The highest BCUT2D eigenvalue weighted by Gasteiger charge is 2.42. The van der Waals surface area contributed by atoms with E-state index in [4.69, 9.17) is 0 Å². The SMILES string of the molecule is C1=C[C@H]2CC[C@@H]3C=CC1C23. The van der Waals surface area contributed by atoms with Gasteiger partial charge in [0, 0.05) is 0 Å². The van der Waals surface area contributed by atoms with Gasteiger partial charge in [0.1, 0.15) is 0 Å². The molecule has 0 aliphatic heterocycles. The van der Waals surface area contributed by atoms with Gasteiger partial charge in [-0.1, -0.05) is 24.3 Å². The lowest BCUT2D eigenvalue weighted by Gasteiger charge is -2.13. The van der Waals surface area contributed by atoms with E-state index in [-0.39, 0.29) is 0 Å². The lowest BCUT2D eigenvalue weighted by molar-refractivity contribution is 0.397. The van der Waals surface area contributed by atoms with Gasteiger partial charge in [0.2, 0.25) is 0 Å². The van der Waals surface area contributed by atoms with Crippen molar-refractivity contribution in [1.29, 1.82) is 0 Å². The van der Waals surface area contributed by atoms with Gasteiger partial charge in [-0.15, -0.1) is 0 Å². The average Bonchev–Trinajstić information content (AvgIpc) is 2.56. The zero-order valence-corrected chi connectivity index (χ0v) is 6.03. The van der Waals surface area contributed by atoms with Crippen LogP contribution in [0.4, 0.5) is 0 Å². The minimum atomic E-state index is 0.831. The Kier molecular flexibility index (Phi) is 0.803. The third kappa shape index (κ3) is 0.448. The summed E-state index contributed by atoms with van der Waals surface area (Å²) in [5.74, 6) is 3.73. The van der Waals surface area contributed by atoms with Gasteiger partial charge in [-0.05, 0) is 36.5 Å². The van der Waals surface area contributed by atoms with Crippen LogP contribution in [0.1, 0.15) is 12.8 Å². The topological polar surface area (TPSA) is 0 Å².